The van der Waals surface area contributed by atoms with Gasteiger partial charge in [0, 0.05) is 19.6 Å². The van der Waals surface area contributed by atoms with Crippen molar-refractivity contribution >= 4 is 11.7 Å². The Bertz CT molecular complexity index is 405. The first-order valence-corrected chi connectivity index (χ1v) is 6.00. The maximum atomic E-state index is 11.7. The molecule has 0 radical (unpaired) electrons. The summed E-state index contributed by atoms with van der Waals surface area (Å²) in [6, 6.07) is 5.36. The second-order valence-corrected chi connectivity index (χ2v) is 3.96. The molecule has 1 aromatic rings. The Morgan fingerprint density at radius 2 is 2.22 bits per heavy atom. The molecule has 1 fully saturated rings. The molecule has 18 heavy (non-hydrogen) atoms. The molecule has 1 aromatic heterocycles. The monoisotopic (exact) mass is 251 g/mol. The molecule has 0 bridgehead atoms. The number of pyridine rings is 1. The molecule has 2 rings (SSSR count). The van der Waals surface area contributed by atoms with Gasteiger partial charge < -0.3 is 20.1 Å². The third-order valence-corrected chi connectivity index (χ3v) is 2.70. The van der Waals surface area contributed by atoms with Crippen molar-refractivity contribution in [2.24, 2.45) is 0 Å². The molecule has 6 nitrogen and oxygen atoms in total. The molecule has 0 aromatic carbocycles. The van der Waals surface area contributed by atoms with E-state index in [0.29, 0.717) is 18.9 Å². The summed E-state index contributed by atoms with van der Waals surface area (Å²) in [7, 11) is 0. The topological polar surface area (TPSA) is 74.7 Å². The number of nitrogens with one attached hydrogen (secondary N) is 1. The van der Waals surface area contributed by atoms with Gasteiger partial charge in [-0.1, -0.05) is 6.07 Å². The van der Waals surface area contributed by atoms with Crippen LogP contribution in [0.15, 0.2) is 18.2 Å². The van der Waals surface area contributed by atoms with Crippen molar-refractivity contribution in [1.29, 1.82) is 0 Å². The highest BCUT2D eigenvalue weighted by molar-refractivity contribution is 5.92. The van der Waals surface area contributed by atoms with Crippen molar-refractivity contribution in [3.05, 3.63) is 23.9 Å². The van der Waals surface area contributed by atoms with Crippen LogP contribution in [-0.2, 0) is 4.74 Å². The lowest BCUT2D eigenvalue weighted by molar-refractivity contribution is 0.0939. The fraction of sp³-hybridized carbons (Fsp3) is 0.500. The number of hydrogen-bond acceptors (Lipinski definition) is 5. The number of carbonyl (C=O) groups excluding carboxylic acids is 1. The second-order valence-electron chi connectivity index (χ2n) is 3.96. The number of aromatic nitrogens is 1. The van der Waals surface area contributed by atoms with Crippen molar-refractivity contribution in [2.75, 3.05) is 44.4 Å². The van der Waals surface area contributed by atoms with Crippen molar-refractivity contribution in [3.63, 3.8) is 0 Å². The summed E-state index contributed by atoms with van der Waals surface area (Å²) in [4.78, 5) is 18.1. The Hall–Kier alpha value is -1.66. The fourth-order valence-corrected chi connectivity index (χ4v) is 1.78. The zero-order valence-electron chi connectivity index (χ0n) is 10.1. The van der Waals surface area contributed by atoms with Crippen LogP contribution in [0.2, 0.25) is 0 Å². The van der Waals surface area contributed by atoms with Crippen LogP contribution in [0.1, 0.15) is 10.5 Å². The molecule has 2 heterocycles. The molecule has 98 valence electrons. The van der Waals surface area contributed by atoms with Gasteiger partial charge in [0.05, 0.1) is 19.8 Å². The summed E-state index contributed by atoms with van der Waals surface area (Å²) in [5.74, 6) is 0.522. The fourth-order valence-electron chi connectivity index (χ4n) is 1.78. The third-order valence-electron chi connectivity index (χ3n) is 2.70. The molecule has 0 aliphatic carbocycles. The Kier molecular flexibility index (Phi) is 4.49. The van der Waals surface area contributed by atoms with Gasteiger partial charge in [-0.25, -0.2) is 4.98 Å². The highest BCUT2D eigenvalue weighted by Crippen LogP contribution is 2.13. The summed E-state index contributed by atoms with van der Waals surface area (Å²) >= 11 is 0. The van der Waals surface area contributed by atoms with Gasteiger partial charge in [-0.2, -0.15) is 0 Å². The van der Waals surface area contributed by atoms with Gasteiger partial charge >= 0.3 is 0 Å². The van der Waals surface area contributed by atoms with E-state index in [9.17, 15) is 4.79 Å². The quantitative estimate of drug-likeness (QED) is 0.764. The largest absolute Gasteiger partial charge is 0.395 e. The predicted molar refractivity (Wildman–Crippen MR) is 66.7 cm³/mol. The predicted octanol–water partition coefficient (Wildman–Crippen LogP) is -0.360. The van der Waals surface area contributed by atoms with Crippen LogP contribution in [0, 0.1) is 0 Å². The average Bonchev–Trinajstić information content (AvgIpc) is 2.46. The number of morpholine rings is 1. The SMILES string of the molecule is O=C(NCCO)c1cccc(N2CCOCC2)n1. The third kappa shape index (κ3) is 3.18. The number of rotatable bonds is 4. The lowest BCUT2D eigenvalue weighted by Gasteiger charge is -2.27. The standard InChI is InChI=1S/C12H17N3O3/c16-7-4-13-12(17)10-2-1-3-11(14-10)15-5-8-18-9-6-15/h1-3,16H,4-9H2,(H,13,17). The summed E-state index contributed by atoms with van der Waals surface area (Å²) in [5, 5.41) is 11.2. The van der Waals surface area contributed by atoms with Gasteiger partial charge in [-0.05, 0) is 12.1 Å². The average molecular weight is 251 g/mol. The van der Waals surface area contributed by atoms with E-state index < -0.39 is 0 Å². The van der Waals surface area contributed by atoms with Gasteiger partial charge in [0.2, 0.25) is 0 Å². The van der Waals surface area contributed by atoms with E-state index in [1.54, 1.807) is 6.07 Å². The summed E-state index contributed by atoms with van der Waals surface area (Å²) in [6.45, 7) is 3.10. The minimum atomic E-state index is -0.265. The molecule has 1 saturated heterocycles. The van der Waals surface area contributed by atoms with Gasteiger partial charge in [-0.15, -0.1) is 0 Å². The summed E-state index contributed by atoms with van der Waals surface area (Å²) < 4.78 is 5.28. The smallest absolute Gasteiger partial charge is 0.270 e. The number of amides is 1. The molecule has 1 aliphatic heterocycles. The highest BCUT2D eigenvalue weighted by Gasteiger charge is 2.14. The number of hydrogen-bond donors (Lipinski definition) is 2. The van der Waals surface area contributed by atoms with E-state index in [1.165, 1.54) is 0 Å². The van der Waals surface area contributed by atoms with Gasteiger partial charge in [0.1, 0.15) is 11.5 Å². The molecular weight excluding hydrogens is 234 g/mol. The van der Waals surface area contributed by atoms with E-state index >= 15 is 0 Å². The zero-order chi connectivity index (χ0) is 12.8. The van der Waals surface area contributed by atoms with Crippen LogP contribution in [0.4, 0.5) is 5.82 Å². The Balaban J connectivity index is 2.06. The molecule has 0 unspecified atom stereocenters. The van der Waals surface area contributed by atoms with Gasteiger partial charge in [0.15, 0.2) is 0 Å². The van der Waals surface area contributed by atoms with Crippen LogP contribution in [0.5, 0.6) is 0 Å². The van der Waals surface area contributed by atoms with E-state index in [-0.39, 0.29) is 19.1 Å². The second kappa shape index (κ2) is 6.32. The maximum absolute atomic E-state index is 11.7. The molecule has 0 saturated carbocycles. The number of carbonyl (C=O) groups is 1. The van der Waals surface area contributed by atoms with Crippen LogP contribution >= 0.6 is 0 Å². The minimum absolute atomic E-state index is 0.0745. The van der Waals surface area contributed by atoms with Gasteiger partial charge in [0.25, 0.3) is 5.91 Å². The molecule has 6 heteroatoms. The molecule has 1 aliphatic rings. The number of anilines is 1. The highest BCUT2D eigenvalue weighted by atomic mass is 16.5. The minimum Gasteiger partial charge on any atom is -0.395 e. The van der Waals surface area contributed by atoms with Crippen molar-refractivity contribution in [1.82, 2.24) is 10.3 Å². The van der Waals surface area contributed by atoms with E-state index in [2.05, 4.69) is 15.2 Å². The number of ether oxygens (including phenoxy) is 1. The number of aliphatic hydroxyl groups excluding tert-OH is 1. The van der Waals surface area contributed by atoms with Crippen LogP contribution in [0.25, 0.3) is 0 Å². The lowest BCUT2D eigenvalue weighted by atomic mass is 10.3. The molecule has 1 amide bonds. The number of nitrogens with zero attached hydrogens (tertiary/aromatic N) is 2. The molecular formula is C12H17N3O3. The van der Waals surface area contributed by atoms with E-state index in [0.717, 1.165) is 18.9 Å². The van der Waals surface area contributed by atoms with Gasteiger partial charge in [-0.3, -0.25) is 4.79 Å². The molecule has 0 spiro atoms. The first kappa shape index (κ1) is 12.8. The van der Waals surface area contributed by atoms with Crippen molar-refractivity contribution < 1.29 is 14.6 Å². The van der Waals surface area contributed by atoms with Crippen LogP contribution < -0.4 is 10.2 Å². The molecule has 2 N–H and O–H groups in total. The summed E-state index contributed by atoms with van der Waals surface area (Å²) in [6.07, 6.45) is 0. The van der Waals surface area contributed by atoms with E-state index in [4.69, 9.17) is 9.84 Å². The molecule has 0 atom stereocenters. The van der Waals surface area contributed by atoms with Crippen molar-refractivity contribution in [3.8, 4) is 0 Å². The summed E-state index contributed by atoms with van der Waals surface area (Å²) in [5.41, 5.74) is 0.368. The van der Waals surface area contributed by atoms with Crippen molar-refractivity contribution in [2.45, 2.75) is 0 Å². The maximum Gasteiger partial charge on any atom is 0.270 e. The number of aliphatic hydroxyl groups is 1. The lowest BCUT2D eigenvalue weighted by Crippen LogP contribution is -2.37. The zero-order valence-corrected chi connectivity index (χ0v) is 10.1. The Morgan fingerprint density at radius 1 is 1.44 bits per heavy atom. The van der Waals surface area contributed by atoms with E-state index in [1.807, 2.05) is 12.1 Å². The Morgan fingerprint density at radius 3 is 2.94 bits per heavy atom. The van der Waals surface area contributed by atoms with Crippen LogP contribution in [-0.4, -0.2) is 55.5 Å². The van der Waals surface area contributed by atoms with Crippen LogP contribution in [0.3, 0.4) is 0 Å². The normalized spacial score (nSPS) is 15.5. The first-order valence-electron chi connectivity index (χ1n) is 6.00. The first-order chi connectivity index (χ1) is 8.81. The Labute approximate surface area is 106 Å².